The monoisotopic (exact) mass is 322 g/mol. The summed E-state index contributed by atoms with van der Waals surface area (Å²) < 4.78 is 34.2. The summed E-state index contributed by atoms with van der Waals surface area (Å²) in [6, 6.07) is 3.08. The van der Waals surface area contributed by atoms with E-state index >= 15 is 0 Å². The minimum Gasteiger partial charge on any atom is -0.376 e. The van der Waals surface area contributed by atoms with E-state index < -0.39 is 10.0 Å². The van der Waals surface area contributed by atoms with Crippen LogP contribution < -0.4 is 4.72 Å². The Morgan fingerprint density at radius 3 is 3.00 bits per heavy atom. The molecule has 8 heteroatoms. The van der Waals surface area contributed by atoms with Crippen molar-refractivity contribution in [2.45, 2.75) is 36.8 Å². The average Bonchev–Trinajstić information content (AvgIpc) is 2.95. The molecule has 1 aliphatic rings. The van der Waals surface area contributed by atoms with Gasteiger partial charge in [-0.15, -0.1) is 0 Å². The quantitative estimate of drug-likeness (QED) is 0.904. The molecule has 1 atom stereocenters. The molecule has 0 aromatic carbocycles. The Labute approximate surface area is 129 Å². The molecule has 3 rings (SSSR count). The molecule has 1 fully saturated rings. The van der Waals surface area contributed by atoms with Crippen LogP contribution in [0.2, 0.25) is 0 Å². The fourth-order valence-corrected chi connectivity index (χ4v) is 3.39. The van der Waals surface area contributed by atoms with Crippen molar-refractivity contribution in [3.05, 3.63) is 36.9 Å². The Balaban J connectivity index is 1.66. The first-order valence-electron chi connectivity index (χ1n) is 7.20. The molecule has 0 spiro atoms. The molecular weight excluding hydrogens is 304 g/mol. The number of rotatable bonds is 5. The van der Waals surface area contributed by atoms with Gasteiger partial charge in [0.05, 0.1) is 24.5 Å². The number of sulfonamides is 1. The Hall–Kier alpha value is -1.93. The average molecular weight is 322 g/mol. The van der Waals surface area contributed by atoms with E-state index in [2.05, 4.69) is 14.8 Å². The molecule has 118 valence electrons. The predicted octanol–water partition coefficient (Wildman–Crippen LogP) is 1.65. The topological polar surface area (TPSA) is 86.1 Å². The molecule has 0 bridgehead atoms. The van der Waals surface area contributed by atoms with Gasteiger partial charge in [-0.25, -0.2) is 8.42 Å². The normalized spacial score (nSPS) is 19.0. The number of hydrogen-bond acceptors (Lipinski definition) is 5. The Kier molecular flexibility index (Phi) is 4.39. The van der Waals surface area contributed by atoms with Crippen LogP contribution in [0.15, 0.2) is 41.8 Å². The highest BCUT2D eigenvalue weighted by molar-refractivity contribution is 7.92. The summed E-state index contributed by atoms with van der Waals surface area (Å²) >= 11 is 0. The van der Waals surface area contributed by atoms with E-state index in [-0.39, 0.29) is 11.0 Å². The van der Waals surface area contributed by atoms with Crippen LogP contribution >= 0.6 is 0 Å². The minimum absolute atomic E-state index is 0.123. The third kappa shape index (κ3) is 3.63. The molecule has 1 aliphatic heterocycles. The number of anilines is 1. The first-order valence-corrected chi connectivity index (χ1v) is 8.69. The second-order valence-electron chi connectivity index (χ2n) is 5.23. The molecule has 22 heavy (non-hydrogen) atoms. The molecule has 1 saturated heterocycles. The molecule has 2 aromatic heterocycles. The lowest BCUT2D eigenvalue weighted by molar-refractivity contribution is 0.00401. The smallest absolute Gasteiger partial charge is 0.263 e. The third-order valence-electron chi connectivity index (χ3n) is 3.49. The summed E-state index contributed by atoms with van der Waals surface area (Å²) in [5.41, 5.74) is 0.430. The summed E-state index contributed by atoms with van der Waals surface area (Å²) in [6.45, 7) is 1.42. The van der Waals surface area contributed by atoms with Crippen molar-refractivity contribution in [1.29, 1.82) is 0 Å². The number of ether oxygens (including phenoxy) is 1. The standard InChI is InChI=1S/C14H18N4O3S/c19-22(20,14-5-3-6-15-9-14)17-12-8-16-18(10-12)11-13-4-1-2-7-21-13/h3,5-6,8-10,13,17H,1-2,4,7,11H2/t13-/m1/s1. The molecule has 2 aromatic rings. The first-order chi connectivity index (χ1) is 10.6. The zero-order chi connectivity index (χ0) is 15.4. The molecule has 0 aliphatic carbocycles. The third-order valence-corrected chi connectivity index (χ3v) is 4.86. The van der Waals surface area contributed by atoms with Gasteiger partial charge in [-0.3, -0.25) is 14.4 Å². The van der Waals surface area contributed by atoms with Crippen LogP contribution in [0.5, 0.6) is 0 Å². The number of nitrogens with zero attached hydrogens (tertiary/aromatic N) is 3. The largest absolute Gasteiger partial charge is 0.376 e. The predicted molar refractivity (Wildman–Crippen MR) is 80.9 cm³/mol. The van der Waals surface area contributed by atoms with Crippen LogP contribution in [0.4, 0.5) is 5.69 Å². The van der Waals surface area contributed by atoms with Gasteiger partial charge in [0.1, 0.15) is 4.90 Å². The van der Waals surface area contributed by atoms with Gasteiger partial charge in [0.2, 0.25) is 0 Å². The van der Waals surface area contributed by atoms with Crippen molar-refractivity contribution in [1.82, 2.24) is 14.8 Å². The van der Waals surface area contributed by atoms with Crippen LogP contribution in [0.25, 0.3) is 0 Å². The molecular formula is C14H18N4O3S. The van der Waals surface area contributed by atoms with Gasteiger partial charge in [-0.05, 0) is 31.4 Å². The van der Waals surface area contributed by atoms with E-state index in [0.29, 0.717) is 12.2 Å². The summed E-state index contributed by atoms with van der Waals surface area (Å²) in [5, 5.41) is 4.18. The number of aromatic nitrogens is 3. The lowest BCUT2D eigenvalue weighted by Gasteiger charge is -2.22. The zero-order valence-electron chi connectivity index (χ0n) is 12.1. The molecule has 7 nitrogen and oxygen atoms in total. The van der Waals surface area contributed by atoms with Gasteiger partial charge in [0, 0.05) is 25.2 Å². The fourth-order valence-electron chi connectivity index (χ4n) is 2.40. The van der Waals surface area contributed by atoms with E-state index in [1.807, 2.05) is 0 Å². The Bertz CT molecular complexity index is 709. The van der Waals surface area contributed by atoms with Crippen molar-refractivity contribution >= 4 is 15.7 Å². The van der Waals surface area contributed by atoms with Gasteiger partial charge in [-0.2, -0.15) is 5.10 Å². The zero-order valence-corrected chi connectivity index (χ0v) is 12.9. The number of hydrogen-bond donors (Lipinski definition) is 1. The van der Waals surface area contributed by atoms with Gasteiger partial charge in [0.25, 0.3) is 10.0 Å². The van der Waals surface area contributed by atoms with E-state index in [1.54, 1.807) is 16.9 Å². The van der Waals surface area contributed by atoms with Gasteiger partial charge >= 0.3 is 0 Å². The van der Waals surface area contributed by atoms with Gasteiger partial charge in [-0.1, -0.05) is 0 Å². The molecule has 0 radical (unpaired) electrons. The summed E-state index contributed by atoms with van der Waals surface area (Å²) in [7, 11) is -3.63. The highest BCUT2D eigenvalue weighted by Crippen LogP contribution is 2.17. The van der Waals surface area contributed by atoms with Crippen molar-refractivity contribution in [3.63, 3.8) is 0 Å². The van der Waals surface area contributed by atoms with Crippen LogP contribution in [-0.4, -0.2) is 35.9 Å². The van der Waals surface area contributed by atoms with Crippen molar-refractivity contribution in [2.24, 2.45) is 0 Å². The molecule has 3 heterocycles. The lowest BCUT2D eigenvalue weighted by Crippen LogP contribution is -2.24. The van der Waals surface area contributed by atoms with E-state index in [4.69, 9.17) is 4.74 Å². The SMILES string of the molecule is O=S(=O)(Nc1cnn(C[C@H]2CCCCO2)c1)c1cccnc1. The fraction of sp³-hybridized carbons (Fsp3) is 0.429. The minimum atomic E-state index is -3.63. The maximum absolute atomic E-state index is 12.2. The highest BCUT2D eigenvalue weighted by Gasteiger charge is 2.17. The van der Waals surface area contributed by atoms with Crippen LogP contribution in [0.3, 0.4) is 0 Å². The van der Waals surface area contributed by atoms with E-state index in [9.17, 15) is 8.42 Å². The van der Waals surface area contributed by atoms with E-state index in [0.717, 1.165) is 25.9 Å². The maximum Gasteiger partial charge on any atom is 0.263 e. The van der Waals surface area contributed by atoms with Crippen molar-refractivity contribution in [2.75, 3.05) is 11.3 Å². The first kappa shape index (κ1) is 15.0. The van der Waals surface area contributed by atoms with Crippen molar-refractivity contribution < 1.29 is 13.2 Å². The molecule has 0 amide bonds. The molecule has 0 unspecified atom stereocenters. The van der Waals surface area contributed by atoms with Crippen LogP contribution in [-0.2, 0) is 21.3 Å². The Morgan fingerprint density at radius 1 is 1.36 bits per heavy atom. The maximum atomic E-state index is 12.2. The molecule has 0 saturated carbocycles. The lowest BCUT2D eigenvalue weighted by atomic mass is 10.1. The van der Waals surface area contributed by atoms with Gasteiger partial charge < -0.3 is 4.74 Å². The number of pyridine rings is 1. The highest BCUT2D eigenvalue weighted by atomic mass is 32.2. The summed E-state index contributed by atoms with van der Waals surface area (Å²) in [5.74, 6) is 0. The number of nitrogens with one attached hydrogen (secondary N) is 1. The van der Waals surface area contributed by atoms with Gasteiger partial charge in [0.15, 0.2) is 0 Å². The van der Waals surface area contributed by atoms with Crippen LogP contribution in [0.1, 0.15) is 19.3 Å². The Morgan fingerprint density at radius 2 is 2.27 bits per heavy atom. The van der Waals surface area contributed by atoms with E-state index in [1.165, 1.54) is 24.7 Å². The van der Waals surface area contributed by atoms with Crippen LogP contribution in [0, 0.1) is 0 Å². The second-order valence-corrected chi connectivity index (χ2v) is 6.92. The van der Waals surface area contributed by atoms with Crippen molar-refractivity contribution in [3.8, 4) is 0 Å². The molecule has 1 N–H and O–H groups in total. The second kappa shape index (κ2) is 6.45. The summed E-state index contributed by atoms with van der Waals surface area (Å²) in [4.78, 5) is 3.94. The summed E-state index contributed by atoms with van der Waals surface area (Å²) in [6.07, 6.45) is 9.43.